The Bertz CT molecular complexity index is 163. The molecule has 0 aromatic carbocycles. The molecule has 0 heterocycles. The van der Waals surface area contributed by atoms with Gasteiger partial charge in [-0.3, -0.25) is 0 Å². The summed E-state index contributed by atoms with van der Waals surface area (Å²) in [4.78, 5) is 0. The maximum absolute atomic E-state index is 5.98. The number of rotatable bonds is 9. The molecule has 3 heteroatoms. The van der Waals surface area contributed by atoms with Gasteiger partial charge < -0.3 is 8.85 Å². The van der Waals surface area contributed by atoms with E-state index in [1.54, 1.807) is 0 Å². The zero-order chi connectivity index (χ0) is 11.1. The van der Waals surface area contributed by atoms with Crippen LogP contribution in [0.2, 0.25) is 6.04 Å². The normalized spacial score (nSPS) is 17.0. The number of hydrogen-bond acceptors (Lipinski definition) is 2. The monoisotopic (exact) mass is 229 g/mol. The van der Waals surface area contributed by atoms with E-state index < -0.39 is 8.56 Å². The van der Waals surface area contributed by atoms with Crippen molar-refractivity contribution in [1.29, 1.82) is 0 Å². The summed E-state index contributed by atoms with van der Waals surface area (Å²) >= 11 is 0. The Morgan fingerprint density at radius 3 is 2.13 bits per heavy atom. The molecule has 1 rings (SSSR count). The zero-order valence-corrected chi connectivity index (χ0v) is 11.4. The van der Waals surface area contributed by atoms with Crippen LogP contribution in [0.3, 0.4) is 0 Å². The fourth-order valence-corrected chi connectivity index (χ4v) is 5.51. The van der Waals surface area contributed by atoms with Gasteiger partial charge in [-0.05, 0) is 25.8 Å². The summed E-state index contributed by atoms with van der Waals surface area (Å²) in [5, 5.41) is 0. The van der Waals surface area contributed by atoms with E-state index in [-0.39, 0.29) is 0 Å². The van der Waals surface area contributed by atoms with Crippen LogP contribution < -0.4 is 0 Å². The third-order valence-corrected chi connectivity index (χ3v) is 6.35. The van der Waals surface area contributed by atoms with Gasteiger partial charge in [0.05, 0.1) is 0 Å². The Balaban J connectivity index is 2.49. The van der Waals surface area contributed by atoms with Crippen LogP contribution in [0.1, 0.15) is 46.5 Å². The van der Waals surface area contributed by atoms with Crippen molar-refractivity contribution in [2.24, 2.45) is 5.92 Å². The van der Waals surface area contributed by atoms with Crippen molar-refractivity contribution in [3.8, 4) is 0 Å². The largest absolute Gasteiger partial charge is 0.394 e. The molecule has 0 N–H and O–H groups in total. The van der Waals surface area contributed by atoms with Gasteiger partial charge in [-0.15, -0.1) is 0 Å². The van der Waals surface area contributed by atoms with Crippen molar-refractivity contribution in [2.75, 3.05) is 13.2 Å². The minimum Gasteiger partial charge on any atom is -0.394 e. The lowest BCUT2D eigenvalue weighted by molar-refractivity contribution is 0.187. The molecule has 0 aromatic rings. The summed E-state index contributed by atoms with van der Waals surface area (Å²) in [5.41, 5.74) is 0. The van der Waals surface area contributed by atoms with Crippen LogP contribution >= 0.6 is 0 Å². The predicted octanol–water partition coefficient (Wildman–Crippen LogP) is 3.46. The predicted molar refractivity (Wildman–Crippen MR) is 65.7 cm³/mol. The maximum Gasteiger partial charge on any atom is 0.341 e. The second kappa shape index (κ2) is 6.66. The first-order chi connectivity index (χ1) is 7.26. The lowest BCUT2D eigenvalue weighted by Crippen LogP contribution is -2.44. The second-order valence-corrected chi connectivity index (χ2v) is 7.32. The van der Waals surface area contributed by atoms with Gasteiger partial charge >= 0.3 is 8.56 Å². The molecular formula is C12H25O2Si. The minimum atomic E-state index is -1.94. The fraction of sp³-hybridized carbons (Fsp3) is 0.917. The third kappa shape index (κ3) is 4.66. The highest BCUT2D eigenvalue weighted by atomic mass is 28.4. The van der Waals surface area contributed by atoms with Crippen molar-refractivity contribution < 1.29 is 8.85 Å². The fourth-order valence-electron chi connectivity index (χ4n) is 1.90. The van der Waals surface area contributed by atoms with E-state index in [0.29, 0.717) is 0 Å². The van der Waals surface area contributed by atoms with Crippen LogP contribution in [0.25, 0.3) is 0 Å². The summed E-state index contributed by atoms with van der Waals surface area (Å²) in [6.07, 6.45) is 5.16. The molecule has 1 fully saturated rings. The van der Waals surface area contributed by atoms with E-state index in [2.05, 4.69) is 26.8 Å². The Morgan fingerprint density at radius 1 is 1.13 bits per heavy atom. The molecular weight excluding hydrogens is 204 g/mol. The standard InChI is InChI=1S/C12H25O2Si/c1-4-7-10-15(13-5-2,14-6-3)11-12-8-9-12/h11-12H,4-10H2,1-3H3. The van der Waals surface area contributed by atoms with Gasteiger partial charge in [-0.2, -0.15) is 0 Å². The van der Waals surface area contributed by atoms with E-state index in [1.165, 1.54) is 25.7 Å². The summed E-state index contributed by atoms with van der Waals surface area (Å²) in [7, 11) is -1.94. The van der Waals surface area contributed by atoms with Crippen molar-refractivity contribution >= 4 is 8.56 Å². The molecule has 1 aliphatic rings. The Labute approximate surface area is 95.6 Å². The van der Waals surface area contributed by atoms with Gasteiger partial charge in [0.1, 0.15) is 0 Å². The molecule has 0 amide bonds. The van der Waals surface area contributed by atoms with Gasteiger partial charge in [-0.1, -0.05) is 32.6 Å². The number of hydrogen-bond donors (Lipinski definition) is 0. The maximum atomic E-state index is 5.98. The lowest BCUT2D eigenvalue weighted by Gasteiger charge is -2.29. The molecule has 89 valence electrons. The Morgan fingerprint density at radius 2 is 1.73 bits per heavy atom. The van der Waals surface area contributed by atoms with Gasteiger partial charge in [0.15, 0.2) is 0 Å². The highest BCUT2D eigenvalue weighted by Crippen LogP contribution is 2.37. The molecule has 0 atom stereocenters. The first-order valence-electron chi connectivity index (χ1n) is 6.40. The van der Waals surface area contributed by atoms with Crippen molar-refractivity contribution in [3.63, 3.8) is 0 Å². The van der Waals surface area contributed by atoms with Gasteiger partial charge in [0, 0.05) is 19.3 Å². The molecule has 0 aromatic heterocycles. The van der Waals surface area contributed by atoms with E-state index >= 15 is 0 Å². The van der Waals surface area contributed by atoms with Crippen LogP contribution in [0.15, 0.2) is 0 Å². The van der Waals surface area contributed by atoms with E-state index in [0.717, 1.165) is 25.2 Å². The van der Waals surface area contributed by atoms with Crippen molar-refractivity contribution in [2.45, 2.75) is 52.5 Å². The molecule has 1 saturated carbocycles. The van der Waals surface area contributed by atoms with Gasteiger partial charge in [0.2, 0.25) is 0 Å². The SMILES string of the molecule is CCCC[Si]([CH]C1CC1)(OCC)OCC. The Hall–Kier alpha value is 0.137. The van der Waals surface area contributed by atoms with Crippen LogP contribution in [-0.2, 0) is 8.85 Å². The van der Waals surface area contributed by atoms with Crippen LogP contribution in [-0.4, -0.2) is 21.8 Å². The molecule has 2 nitrogen and oxygen atoms in total. The minimum absolute atomic E-state index is 0.791. The number of unbranched alkanes of at least 4 members (excludes halogenated alkanes) is 1. The first kappa shape index (κ1) is 13.2. The van der Waals surface area contributed by atoms with Crippen molar-refractivity contribution in [3.05, 3.63) is 6.04 Å². The van der Waals surface area contributed by atoms with Crippen molar-refractivity contribution in [1.82, 2.24) is 0 Å². The zero-order valence-electron chi connectivity index (χ0n) is 10.4. The summed E-state index contributed by atoms with van der Waals surface area (Å²) in [6, 6.07) is 3.58. The summed E-state index contributed by atoms with van der Waals surface area (Å²) < 4.78 is 12.0. The molecule has 0 bridgehead atoms. The Kier molecular flexibility index (Phi) is 5.86. The van der Waals surface area contributed by atoms with Gasteiger partial charge in [-0.25, -0.2) is 0 Å². The van der Waals surface area contributed by atoms with Crippen LogP contribution in [0.5, 0.6) is 0 Å². The molecule has 0 aliphatic heterocycles. The van der Waals surface area contributed by atoms with Crippen LogP contribution in [0.4, 0.5) is 0 Å². The quantitative estimate of drug-likeness (QED) is 0.564. The average Bonchev–Trinajstić information content (AvgIpc) is 2.99. The third-order valence-electron chi connectivity index (χ3n) is 2.77. The molecule has 0 spiro atoms. The van der Waals surface area contributed by atoms with E-state index in [9.17, 15) is 0 Å². The molecule has 0 saturated heterocycles. The van der Waals surface area contributed by atoms with Crippen LogP contribution in [0, 0.1) is 12.0 Å². The van der Waals surface area contributed by atoms with Gasteiger partial charge in [0.25, 0.3) is 0 Å². The second-order valence-electron chi connectivity index (χ2n) is 4.29. The first-order valence-corrected chi connectivity index (χ1v) is 8.50. The topological polar surface area (TPSA) is 18.5 Å². The molecule has 15 heavy (non-hydrogen) atoms. The van der Waals surface area contributed by atoms with E-state index in [1.807, 2.05) is 0 Å². The summed E-state index contributed by atoms with van der Waals surface area (Å²) in [5.74, 6) is 0.798. The average molecular weight is 229 g/mol. The lowest BCUT2D eigenvalue weighted by atomic mass is 10.4. The highest BCUT2D eigenvalue weighted by Gasteiger charge is 2.42. The molecule has 1 radical (unpaired) electrons. The molecule has 1 aliphatic carbocycles. The summed E-state index contributed by atoms with van der Waals surface area (Å²) in [6.45, 7) is 7.97. The highest BCUT2D eigenvalue weighted by molar-refractivity contribution is 6.71. The molecule has 0 unspecified atom stereocenters. The van der Waals surface area contributed by atoms with E-state index in [4.69, 9.17) is 8.85 Å². The smallest absolute Gasteiger partial charge is 0.341 e.